The highest BCUT2D eigenvalue weighted by Gasteiger charge is 2.28. The molecule has 4 heterocycles. The van der Waals surface area contributed by atoms with E-state index in [-0.39, 0.29) is 23.8 Å². The van der Waals surface area contributed by atoms with E-state index >= 15 is 0 Å². The number of nitrogens with one attached hydrogen (secondary N) is 1. The number of carbonyl (C=O) groups excluding carboxylic acids is 1. The second kappa shape index (κ2) is 6.15. The van der Waals surface area contributed by atoms with Crippen LogP contribution in [-0.4, -0.2) is 61.0 Å². The minimum absolute atomic E-state index is 0.153. The van der Waals surface area contributed by atoms with Gasteiger partial charge in [0.15, 0.2) is 0 Å². The molecule has 0 aromatic carbocycles. The first-order valence-corrected chi connectivity index (χ1v) is 8.63. The Bertz CT molecular complexity index is 1110. The average molecular weight is 368 g/mol. The van der Waals surface area contributed by atoms with Crippen molar-refractivity contribution < 1.29 is 4.79 Å². The van der Waals surface area contributed by atoms with E-state index in [2.05, 4.69) is 25.1 Å². The van der Waals surface area contributed by atoms with Crippen LogP contribution < -0.4 is 10.5 Å². The number of nitrogens with zero attached hydrogens (tertiary/aromatic N) is 7. The smallest absolute Gasteiger partial charge is 0.292 e. The maximum atomic E-state index is 13.1. The van der Waals surface area contributed by atoms with Crippen molar-refractivity contribution in [3.8, 4) is 0 Å². The molecule has 0 atom stereocenters. The number of anilines is 1. The van der Waals surface area contributed by atoms with Crippen LogP contribution in [0.5, 0.6) is 0 Å². The molecule has 27 heavy (non-hydrogen) atoms. The number of amides is 1. The topological polar surface area (TPSA) is 112 Å². The van der Waals surface area contributed by atoms with Crippen LogP contribution >= 0.6 is 0 Å². The first-order valence-electron chi connectivity index (χ1n) is 8.63. The number of rotatable bonds is 2. The van der Waals surface area contributed by atoms with Crippen LogP contribution in [0.2, 0.25) is 0 Å². The number of aromatic amines is 1. The monoisotopic (exact) mass is 368 g/mol. The molecule has 0 radical (unpaired) electrons. The number of H-pyrrole nitrogens is 1. The van der Waals surface area contributed by atoms with Crippen LogP contribution in [0.1, 0.15) is 33.3 Å². The maximum absolute atomic E-state index is 13.1. The Kier molecular flexibility index (Phi) is 3.90. The lowest BCUT2D eigenvalue weighted by Gasteiger charge is -2.27. The van der Waals surface area contributed by atoms with E-state index in [1.54, 1.807) is 28.3 Å². The second-order valence-corrected chi connectivity index (χ2v) is 6.88. The van der Waals surface area contributed by atoms with Crippen molar-refractivity contribution in [1.82, 2.24) is 34.4 Å². The fourth-order valence-corrected chi connectivity index (χ4v) is 3.32. The lowest BCUT2D eigenvalue weighted by atomic mass is 10.1. The molecule has 0 unspecified atom stereocenters. The second-order valence-electron chi connectivity index (χ2n) is 6.88. The summed E-state index contributed by atoms with van der Waals surface area (Å²) in [5.41, 5.74) is 2.75. The van der Waals surface area contributed by atoms with Crippen molar-refractivity contribution in [1.29, 1.82) is 0 Å². The summed E-state index contributed by atoms with van der Waals surface area (Å²) in [6.45, 7) is 4.44. The first-order chi connectivity index (χ1) is 12.8. The molecular formula is C17H20N8O2. The van der Waals surface area contributed by atoms with Gasteiger partial charge in [-0.05, 0) is 26.3 Å². The van der Waals surface area contributed by atoms with Crippen LogP contribution in [0.15, 0.2) is 10.9 Å². The third kappa shape index (κ3) is 2.82. The molecule has 10 heteroatoms. The standard InChI is InChI=1S/C17H20N8O2/c1-9-7-10(2)25-13(21-22-17(25)18-9)15(27)24-6-5-11-12(8-24)19-16(23(3)4)20-14(11)26/h7H,5-6,8H2,1-4H3,(H,19,20,26). The third-order valence-corrected chi connectivity index (χ3v) is 4.66. The molecule has 0 saturated carbocycles. The molecule has 0 fully saturated rings. The minimum atomic E-state index is -0.254. The number of carbonyl (C=O) groups is 1. The number of aryl methyl sites for hydroxylation is 2. The predicted molar refractivity (Wildman–Crippen MR) is 97.9 cm³/mol. The van der Waals surface area contributed by atoms with Crippen molar-refractivity contribution in [3.05, 3.63) is 44.9 Å². The fraction of sp³-hybridized carbons (Fsp3) is 0.412. The van der Waals surface area contributed by atoms with Crippen molar-refractivity contribution in [2.75, 3.05) is 25.5 Å². The lowest BCUT2D eigenvalue weighted by Crippen LogP contribution is -2.40. The Morgan fingerprint density at radius 3 is 2.74 bits per heavy atom. The number of hydrogen-bond acceptors (Lipinski definition) is 7. The van der Waals surface area contributed by atoms with Gasteiger partial charge in [0, 0.05) is 37.6 Å². The summed E-state index contributed by atoms with van der Waals surface area (Å²) in [6.07, 6.45) is 0.449. The largest absolute Gasteiger partial charge is 0.348 e. The summed E-state index contributed by atoms with van der Waals surface area (Å²) >= 11 is 0. The normalized spacial score (nSPS) is 13.7. The molecule has 0 saturated heterocycles. The Hall–Kier alpha value is -3.30. The van der Waals surface area contributed by atoms with Gasteiger partial charge in [-0.15, -0.1) is 10.2 Å². The van der Waals surface area contributed by atoms with E-state index in [9.17, 15) is 9.59 Å². The average Bonchev–Trinajstić information content (AvgIpc) is 3.04. The highest BCUT2D eigenvalue weighted by molar-refractivity contribution is 5.91. The minimum Gasteiger partial charge on any atom is -0.348 e. The summed E-state index contributed by atoms with van der Waals surface area (Å²) in [5, 5.41) is 8.08. The van der Waals surface area contributed by atoms with Gasteiger partial charge in [-0.25, -0.2) is 9.97 Å². The molecular weight excluding hydrogens is 348 g/mol. The highest BCUT2D eigenvalue weighted by Crippen LogP contribution is 2.18. The van der Waals surface area contributed by atoms with Gasteiger partial charge in [-0.3, -0.25) is 19.0 Å². The van der Waals surface area contributed by atoms with Crippen LogP contribution in [0.25, 0.3) is 5.78 Å². The van der Waals surface area contributed by atoms with Crippen LogP contribution in [0.4, 0.5) is 5.95 Å². The van der Waals surface area contributed by atoms with E-state index in [1.807, 2.05) is 19.9 Å². The fourth-order valence-electron chi connectivity index (χ4n) is 3.32. The highest BCUT2D eigenvalue weighted by atomic mass is 16.2. The van der Waals surface area contributed by atoms with Crippen molar-refractivity contribution in [2.24, 2.45) is 0 Å². The van der Waals surface area contributed by atoms with Gasteiger partial charge in [0.1, 0.15) is 0 Å². The van der Waals surface area contributed by atoms with E-state index < -0.39 is 0 Å². The zero-order valence-corrected chi connectivity index (χ0v) is 15.6. The third-order valence-electron chi connectivity index (χ3n) is 4.66. The van der Waals surface area contributed by atoms with Crippen molar-refractivity contribution in [2.45, 2.75) is 26.8 Å². The molecule has 10 nitrogen and oxygen atoms in total. The molecule has 0 spiro atoms. The van der Waals surface area contributed by atoms with Gasteiger partial charge in [-0.2, -0.15) is 0 Å². The molecule has 0 aliphatic carbocycles. The Morgan fingerprint density at radius 1 is 1.22 bits per heavy atom. The molecule has 0 bridgehead atoms. The number of hydrogen-bond donors (Lipinski definition) is 1. The Labute approximate surface area is 154 Å². The Morgan fingerprint density at radius 2 is 2.00 bits per heavy atom. The van der Waals surface area contributed by atoms with Gasteiger partial charge in [0.25, 0.3) is 17.2 Å². The van der Waals surface area contributed by atoms with E-state index in [4.69, 9.17) is 0 Å². The molecule has 140 valence electrons. The summed E-state index contributed by atoms with van der Waals surface area (Å²) in [7, 11) is 3.60. The van der Waals surface area contributed by atoms with Crippen LogP contribution in [0.3, 0.4) is 0 Å². The molecule has 1 aliphatic heterocycles. The zero-order chi connectivity index (χ0) is 19.3. The molecule has 3 aromatic heterocycles. The summed E-state index contributed by atoms with van der Waals surface area (Å²) in [6, 6.07) is 1.88. The van der Waals surface area contributed by atoms with Gasteiger partial charge < -0.3 is 9.80 Å². The van der Waals surface area contributed by atoms with Gasteiger partial charge >= 0.3 is 0 Å². The quantitative estimate of drug-likeness (QED) is 0.682. The Balaban J connectivity index is 1.70. The van der Waals surface area contributed by atoms with Gasteiger partial charge in [0.2, 0.25) is 11.8 Å². The maximum Gasteiger partial charge on any atom is 0.292 e. The summed E-state index contributed by atoms with van der Waals surface area (Å²) in [5.74, 6) is 0.834. The molecule has 1 amide bonds. The van der Waals surface area contributed by atoms with E-state index in [1.165, 1.54) is 0 Å². The molecule has 4 rings (SSSR count). The van der Waals surface area contributed by atoms with Gasteiger partial charge in [0.05, 0.1) is 12.2 Å². The number of aromatic nitrogens is 6. The number of fused-ring (bicyclic) bond motifs is 2. The SMILES string of the molecule is Cc1cc(C)n2c(C(=O)N3CCc4c(nc(N(C)C)[nH]c4=O)C3)nnc2n1. The van der Waals surface area contributed by atoms with E-state index in [0.717, 1.165) is 11.4 Å². The van der Waals surface area contributed by atoms with Crippen molar-refractivity contribution in [3.63, 3.8) is 0 Å². The molecule has 1 N–H and O–H groups in total. The molecule has 3 aromatic rings. The summed E-state index contributed by atoms with van der Waals surface area (Å²) < 4.78 is 1.65. The predicted octanol–water partition coefficient (Wildman–Crippen LogP) is 0.0889. The lowest BCUT2D eigenvalue weighted by molar-refractivity contribution is 0.0717. The van der Waals surface area contributed by atoms with Crippen LogP contribution in [-0.2, 0) is 13.0 Å². The zero-order valence-electron chi connectivity index (χ0n) is 15.6. The molecule has 1 aliphatic rings. The van der Waals surface area contributed by atoms with Crippen LogP contribution in [0, 0.1) is 13.8 Å². The van der Waals surface area contributed by atoms with Gasteiger partial charge in [-0.1, -0.05) is 0 Å². The van der Waals surface area contributed by atoms with Crippen molar-refractivity contribution >= 4 is 17.6 Å². The van der Waals surface area contributed by atoms with E-state index in [0.29, 0.717) is 35.9 Å². The first kappa shape index (κ1) is 17.1. The summed E-state index contributed by atoms with van der Waals surface area (Å²) in [4.78, 5) is 40.3.